The van der Waals surface area contributed by atoms with E-state index in [9.17, 15) is 0 Å². The van der Waals surface area contributed by atoms with Crippen LogP contribution in [0.25, 0.3) is 0 Å². The number of hydrogen-bond donors (Lipinski definition) is 0. The third-order valence-electron chi connectivity index (χ3n) is 2.84. The zero-order chi connectivity index (χ0) is 13.1. The molecule has 0 N–H and O–H groups in total. The zero-order valence-corrected chi connectivity index (χ0v) is 12.3. The first-order valence-electron chi connectivity index (χ1n) is 5.60. The van der Waals surface area contributed by atoms with Crippen molar-refractivity contribution in [2.45, 2.75) is 13.3 Å². The molecule has 0 bridgehead atoms. The van der Waals surface area contributed by atoms with Crippen LogP contribution in [0, 0.1) is 19.3 Å². The van der Waals surface area contributed by atoms with Gasteiger partial charge in [0, 0.05) is 15.1 Å². The maximum atomic E-state index is 6.26. The predicted octanol–water partition coefficient (Wildman–Crippen LogP) is 4.98. The minimum absolute atomic E-state index is 0.803. The summed E-state index contributed by atoms with van der Waals surface area (Å²) in [4.78, 5) is 0. The highest BCUT2D eigenvalue weighted by atomic mass is 79.9. The van der Waals surface area contributed by atoms with E-state index in [0.29, 0.717) is 0 Å². The Morgan fingerprint density at radius 1 is 1.22 bits per heavy atom. The van der Waals surface area contributed by atoms with Gasteiger partial charge < -0.3 is 0 Å². The van der Waals surface area contributed by atoms with Crippen molar-refractivity contribution in [3.05, 3.63) is 68.1 Å². The summed E-state index contributed by atoms with van der Waals surface area (Å²) in [5.74, 6) is 2.61. The van der Waals surface area contributed by atoms with Gasteiger partial charge in [0.05, 0.1) is 0 Å². The number of hydrogen-bond acceptors (Lipinski definition) is 0. The van der Waals surface area contributed by atoms with Gasteiger partial charge in [0.15, 0.2) is 0 Å². The Bertz CT molecular complexity index is 606. The Balaban J connectivity index is 2.28. The van der Waals surface area contributed by atoms with Gasteiger partial charge in [-0.15, -0.1) is 6.42 Å². The lowest BCUT2D eigenvalue weighted by molar-refractivity contribution is 1.18. The van der Waals surface area contributed by atoms with Crippen LogP contribution in [0.3, 0.4) is 0 Å². The van der Waals surface area contributed by atoms with E-state index < -0.39 is 0 Å². The zero-order valence-electron chi connectivity index (χ0n) is 10.0. The Hall–Kier alpha value is -1.23. The molecule has 0 spiro atoms. The van der Waals surface area contributed by atoms with E-state index in [-0.39, 0.29) is 0 Å². The van der Waals surface area contributed by atoms with Gasteiger partial charge in [-0.1, -0.05) is 45.6 Å². The number of terminal acetylenes is 1. The molecule has 0 atom stereocenters. The summed E-state index contributed by atoms with van der Waals surface area (Å²) in [7, 11) is 0. The summed E-state index contributed by atoms with van der Waals surface area (Å²) in [6, 6.07) is 12.0. The minimum Gasteiger partial charge on any atom is -0.115 e. The van der Waals surface area contributed by atoms with E-state index in [0.717, 1.165) is 32.6 Å². The van der Waals surface area contributed by atoms with E-state index in [4.69, 9.17) is 18.0 Å². The first kappa shape index (κ1) is 13.2. The molecule has 2 rings (SSSR count). The number of rotatable bonds is 2. The standard InChI is InChI=1S/C16H12BrCl/c1-3-12-4-6-13(7-5-12)9-14-10-15(17)11(2)8-16(14)18/h1,4-8,10H,9H2,2H3. The molecule has 0 amide bonds. The predicted molar refractivity (Wildman–Crippen MR) is 81.1 cm³/mol. The third kappa shape index (κ3) is 2.96. The van der Waals surface area contributed by atoms with Gasteiger partial charge in [-0.25, -0.2) is 0 Å². The highest BCUT2D eigenvalue weighted by molar-refractivity contribution is 9.10. The first-order valence-corrected chi connectivity index (χ1v) is 6.77. The van der Waals surface area contributed by atoms with Crippen LogP contribution in [0.1, 0.15) is 22.3 Å². The Kier molecular flexibility index (Phi) is 4.11. The second-order valence-corrected chi connectivity index (χ2v) is 5.47. The molecule has 0 aliphatic carbocycles. The van der Waals surface area contributed by atoms with E-state index in [1.165, 1.54) is 5.56 Å². The molecule has 0 aliphatic rings. The Labute approximate surface area is 121 Å². The van der Waals surface area contributed by atoms with Crippen LogP contribution in [0.15, 0.2) is 40.9 Å². The van der Waals surface area contributed by atoms with Crippen LogP contribution in [-0.4, -0.2) is 0 Å². The fraction of sp³-hybridized carbons (Fsp3) is 0.125. The lowest BCUT2D eigenvalue weighted by Crippen LogP contribution is -1.91. The second kappa shape index (κ2) is 5.61. The summed E-state index contributed by atoms with van der Waals surface area (Å²) >= 11 is 9.79. The van der Waals surface area contributed by atoms with Gasteiger partial charge in [0.1, 0.15) is 0 Å². The number of benzene rings is 2. The molecule has 18 heavy (non-hydrogen) atoms. The van der Waals surface area contributed by atoms with E-state index in [1.807, 2.05) is 37.3 Å². The molecular weight excluding hydrogens is 308 g/mol. The SMILES string of the molecule is C#Cc1ccc(Cc2cc(Br)c(C)cc2Cl)cc1. The fourth-order valence-corrected chi connectivity index (χ4v) is 2.44. The molecule has 0 aromatic heterocycles. The molecule has 0 nitrogen and oxygen atoms in total. The van der Waals surface area contributed by atoms with Crippen LogP contribution in [0.4, 0.5) is 0 Å². The molecule has 0 heterocycles. The van der Waals surface area contributed by atoms with Gasteiger partial charge in [0.2, 0.25) is 0 Å². The van der Waals surface area contributed by atoms with E-state index in [1.54, 1.807) is 0 Å². The molecule has 2 aromatic carbocycles. The maximum Gasteiger partial charge on any atom is 0.0444 e. The lowest BCUT2D eigenvalue weighted by atomic mass is 10.0. The van der Waals surface area contributed by atoms with Gasteiger partial charge in [-0.3, -0.25) is 0 Å². The first-order chi connectivity index (χ1) is 8.60. The molecule has 2 heteroatoms. The summed E-state index contributed by atoms with van der Waals surface area (Å²) < 4.78 is 1.09. The van der Waals surface area contributed by atoms with Crippen LogP contribution in [0.5, 0.6) is 0 Å². The number of aryl methyl sites for hydroxylation is 1. The molecule has 90 valence electrons. The molecule has 0 fully saturated rings. The Morgan fingerprint density at radius 2 is 1.89 bits per heavy atom. The fourth-order valence-electron chi connectivity index (χ4n) is 1.76. The number of halogens is 2. The quantitative estimate of drug-likeness (QED) is 0.685. The van der Waals surface area contributed by atoms with Crippen LogP contribution in [0.2, 0.25) is 5.02 Å². The minimum atomic E-state index is 0.803. The molecule has 2 aromatic rings. The molecule has 0 aliphatic heterocycles. The average Bonchev–Trinajstić information content (AvgIpc) is 2.37. The summed E-state index contributed by atoms with van der Waals surface area (Å²) in [6.45, 7) is 2.03. The maximum absolute atomic E-state index is 6.26. The Morgan fingerprint density at radius 3 is 2.50 bits per heavy atom. The van der Waals surface area contributed by atoms with Crippen molar-refractivity contribution in [3.8, 4) is 12.3 Å². The second-order valence-electron chi connectivity index (χ2n) is 4.21. The van der Waals surface area contributed by atoms with Gasteiger partial charge >= 0.3 is 0 Å². The van der Waals surface area contributed by atoms with Crippen molar-refractivity contribution in [1.29, 1.82) is 0 Å². The summed E-state index contributed by atoms with van der Waals surface area (Å²) in [5, 5.41) is 0.803. The molecule has 0 radical (unpaired) electrons. The summed E-state index contributed by atoms with van der Waals surface area (Å²) in [5.41, 5.74) is 4.36. The van der Waals surface area contributed by atoms with Gasteiger partial charge in [-0.2, -0.15) is 0 Å². The highest BCUT2D eigenvalue weighted by Crippen LogP contribution is 2.27. The van der Waals surface area contributed by atoms with Crippen LogP contribution < -0.4 is 0 Å². The molecule has 0 unspecified atom stereocenters. The molecular formula is C16H12BrCl. The average molecular weight is 320 g/mol. The van der Waals surface area contributed by atoms with Crippen molar-refractivity contribution in [2.75, 3.05) is 0 Å². The summed E-state index contributed by atoms with van der Waals surface area (Å²) in [6.07, 6.45) is 6.14. The van der Waals surface area contributed by atoms with Crippen molar-refractivity contribution in [2.24, 2.45) is 0 Å². The van der Waals surface area contributed by atoms with Gasteiger partial charge in [0.25, 0.3) is 0 Å². The van der Waals surface area contributed by atoms with Crippen molar-refractivity contribution in [1.82, 2.24) is 0 Å². The van der Waals surface area contributed by atoms with E-state index in [2.05, 4.69) is 27.9 Å². The van der Waals surface area contributed by atoms with Crippen LogP contribution >= 0.6 is 27.5 Å². The third-order valence-corrected chi connectivity index (χ3v) is 4.05. The largest absolute Gasteiger partial charge is 0.115 e. The molecule has 0 saturated heterocycles. The van der Waals surface area contributed by atoms with Gasteiger partial charge in [-0.05, 0) is 54.3 Å². The topological polar surface area (TPSA) is 0 Å². The van der Waals surface area contributed by atoms with E-state index >= 15 is 0 Å². The smallest absolute Gasteiger partial charge is 0.0444 e. The normalized spacial score (nSPS) is 10.1. The monoisotopic (exact) mass is 318 g/mol. The van der Waals surface area contributed by atoms with Crippen molar-refractivity contribution >= 4 is 27.5 Å². The van der Waals surface area contributed by atoms with Crippen molar-refractivity contribution in [3.63, 3.8) is 0 Å². The van der Waals surface area contributed by atoms with Crippen LogP contribution in [-0.2, 0) is 6.42 Å². The highest BCUT2D eigenvalue weighted by Gasteiger charge is 2.05. The lowest BCUT2D eigenvalue weighted by Gasteiger charge is -2.08. The van der Waals surface area contributed by atoms with Crippen molar-refractivity contribution < 1.29 is 0 Å². The molecule has 0 saturated carbocycles.